The van der Waals surface area contributed by atoms with Crippen molar-refractivity contribution in [1.29, 1.82) is 0 Å². The van der Waals surface area contributed by atoms with E-state index < -0.39 is 5.97 Å². The molecule has 0 atom stereocenters. The summed E-state index contributed by atoms with van der Waals surface area (Å²) in [6.07, 6.45) is 0. The highest BCUT2D eigenvalue weighted by Crippen LogP contribution is 2.34. The molecule has 0 heterocycles. The highest BCUT2D eigenvalue weighted by atomic mass is 79.9. The summed E-state index contributed by atoms with van der Waals surface area (Å²) in [6.45, 7) is 0. The number of halogens is 2. The third-order valence-electron chi connectivity index (χ3n) is 1.30. The monoisotopic (exact) mass is 294 g/mol. The van der Waals surface area contributed by atoms with Crippen LogP contribution in [0.5, 0.6) is 5.75 Å². The number of carbonyl (C=O) groups is 1. The molecule has 0 bridgehead atoms. The van der Waals surface area contributed by atoms with E-state index in [9.17, 15) is 9.90 Å². The number of carboxylic acid groups (broad SMARTS) is 1. The molecule has 1 aromatic carbocycles. The summed E-state index contributed by atoms with van der Waals surface area (Å²) in [6, 6.07) is 2.87. The van der Waals surface area contributed by atoms with E-state index in [-0.39, 0.29) is 15.8 Å². The molecule has 0 aromatic heterocycles. The molecule has 2 N–H and O–H groups in total. The number of hydrogen-bond donors (Lipinski definition) is 2. The van der Waals surface area contributed by atoms with Crippen molar-refractivity contribution in [2.45, 2.75) is 0 Å². The zero-order chi connectivity index (χ0) is 9.30. The second-order valence-corrected chi connectivity index (χ2v) is 3.71. The van der Waals surface area contributed by atoms with E-state index >= 15 is 0 Å². The van der Waals surface area contributed by atoms with Gasteiger partial charge in [-0.25, -0.2) is 4.79 Å². The number of rotatable bonds is 1. The van der Waals surface area contributed by atoms with Gasteiger partial charge in [0.2, 0.25) is 0 Å². The van der Waals surface area contributed by atoms with Crippen molar-refractivity contribution in [2.75, 3.05) is 0 Å². The van der Waals surface area contributed by atoms with Crippen LogP contribution < -0.4 is 0 Å². The first-order valence-corrected chi connectivity index (χ1v) is 4.53. The Morgan fingerprint density at radius 3 is 2.42 bits per heavy atom. The van der Waals surface area contributed by atoms with Gasteiger partial charge in [-0.15, -0.1) is 0 Å². The average molecular weight is 296 g/mol. The number of aromatic hydroxyl groups is 1. The second kappa shape index (κ2) is 3.45. The van der Waals surface area contributed by atoms with Gasteiger partial charge in [-0.3, -0.25) is 0 Å². The molecule has 5 heteroatoms. The SMILES string of the molecule is O=C(O)c1ccc(Br)c(O)c1Br. The Bertz CT molecular complexity index is 336. The number of phenols is 1. The molecular weight excluding hydrogens is 292 g/mol. The third-order valence-corrected chi connectivity index (χ3v) is 2.74. The van der Waals surface area contributed by atoms with Gasteiger partial charge in [0.1, 0.15) is 5.75 Å². The summed E-state index contributed by atoms with van der Waals surface area (Å²) in [7, 11) is 0. The molecular formula is C7H4Br2O3. The minimum atomic E-state index is -1.08. The summed E-state index contributed by atoms with van der Waals surface area (Å²) in [5, 5.41) is 17.9. The summed E-state index contributed by atoms with van der Waals surface area (Å²) < 4.78 is 0.642. The maximum Gasteiger partial charge on any atom is 0.336 e. The van der Waals surface area contributed by atoms with Crippen LogP contribution in [0.15, 0.2) is 21.1 Å². The molecule has 1 rings (SSSR count). The van der Waals surface area contributed by atoms with Crippen molar-refractivity contribution < 1.29 is 15.0 Å². The lowest BCUT2D eigenvalue weighted by atomic mass is 10.2. The van der Waals surface area contributed by atoms with E-state index in [1.54, 1.807) is 0 Å². The van der Waals surface area contributed by atoms with E-state index in [4.69, 9.17) is 5.11 Å². The molecule has 64 valence electrons. The van der Waals surface area contributed by atoms with Gasteiger partial charge in [-0.1, -0.05) is 0 Å². The lowest BCUT2D eigenvalue weighted by molar-refractivity contribution is 0.0695. The first kappa shape index (κ1) is 9.54. The fourth-order valence-corrected chi connectivity index (χ4v) is 1.82. The van der Waals surface area contributed by atoms with E-state index in [1.165, 1.54) is 12.1 Å². The van der Waals surface area contributed by atoms with Crippen LogP contribution in [0.3, 0.4) is 0 Å². The molecule has 0 aliphatic heterocycles. The van der Waals surface area contributed by atoms with Crippen LogP contribution in [-0.2, 0) is 0 Å². The predicted molar refractivity (Wildman–Crippen MR) is 50.5 cm³/mol. The standard InChI is InChI=1S/C7H4Br2O3/c8-4-2-1-3(7(11)12)5(9)6(4)10/h1-2,10H,(H,11,12). The molecule has 0 unspecified atom stereocenters. The van der Waals surface area contributed by atoms with Gasteiger partial charge in [0.15, 0.2) is 0 Å². The first-order valence-electron chi connectivity index (χ1n) is 2.94. The van der Waals surface area contributed by atoms with E-state index in [1.807, 2.05) is 0 Å². The number of aromatic carboxylic acids is 1. The Labute approximate surface area is 85.3 Å². The van der Waals surface area contributed by atoms with Crippen molar-refractivity contribution in [2.24, 2.45) is 0 Å². The van der Waals surface area contributed by atoms with E-state index in [2.05, 4.69) is 31.9 Å². The molecule has 0 amide bonds. The lowest BCUT2D eigenvalue weighted by Gasteiger charge is -2.02. The van der Waals surface area contributed by atoms with Crippen LogP contribution in [0.25, 0.3) is 0 Å². The molecule has 1 aromatic rings. The molecule has 0 radical (unpaired) electrons. The maximum absolute atomic E-state index is 10.5. The molecule has 0 aliphatic carbocycles. The van der Waals surface area contributed by atoms with Crippen molar-refractivity contribution in [3.05, 3.63) is 26.6 Å². The predicted octanol–water partition coefficient (Wildman–Crippen LogP) is 2.62. The highest BCUT2D eigenvalue weighted by molar-refractivity contribution is 9.11. The van der Waals surface area contributed by atoms with Crippen molar-refractivity contribution in [1.82, 2.24) is 0 Å². The van der Waals surface area contributed by atoms with Crippen LogP contribution in [0.1, 0.15) is 10.4 Å². The zero-order valence-electron chi connectivity index (χ0n) is 5.71. The molecule has 0 fully saturated rings. The van der Waals surface area contributed by atoms with Crippen LogP contribution in [0.4, 0.5) is 0 Å². The van der Waals surface area contributed by atoms with Crippen molar-refractivity contribution in [3.63, 3.8) is 0 Å². The topological polar surface area (TPSA) is 57.5 Å². The Morgan fingerprint density at radius 2 is 1.92 bits per heavy atom. The quantitative estimate of drug-likeness (QED) is 0.837. The lowest BCUT2D eigenvalue weighted by Crippen LogP contribution is -1.97. The number of carboxylic acids is 1. The zero-order valence-corrected chi connectivity index (χ0v) is 8.89. The fraction of sp³-hybridized carbons (Fsp3) is 0. The van der Waals surface area contributed by atoms with Crippen molar-refractivity contribution >= 4 is 37.8 Å². The van der Waals surface area contributed by atoms with Crippen LogP contribution in [0, 0.1) is 0 Å². The Kier molecular flexibility index (Phi) is 2.74. The van der Waals surface area contributed by atoms with Crippen molar-refractivity contribution in [3.8, 4) is 5.75 Å². The van der Waals surface area contributed by atoms with Crippen LogP contribution >= 0.6 is 31.9 Å². The first-order chi connectivity index (χ1) is 5.54. The Morgan fingerprint density at radius 1 is 1.33 bits per heavy atom. The van der Waals surface area contributed by atoms with Gasteiger partial charge in [0, 0.05) is 0 Å². The smallest absolute Gasteiger partial charge is 0.336 e. The van der Waals surface area contributed by atoms with E-state index in [0.29, 0.717) is 4.47 Å². The van der Waals surface area contributed by atoms with Gasteiger partial charge in [0.05, 0.1) is 14.5 Å². The molecule has 0 spiro atoms. The number of benzene rings is 1. The summed E-state index contributed by atoms with van der Waals surface area (Å²) >= 11 is 6.03. The largest absolute Gasteiger partial charge is 0.506 e. The van der Waals surface area contributed by atoms with Gasteiger partial charge in [0.25, 0.3) is 0 Å². The Hall–Kier alpha value is -0.550. The number of phenolic OH excluding ortho intramolecular Hbond substituents is 1. The minimum Gasteiger partial charge on any atom is -0.506 e. The third kappa shape index (κ3) is 1.61. The number of hydrogen-bond acceptors (Lipinski definition) is 2. The summed E-state index contributed by atoms with van der Waals surface area (Å²) in [4.78, 5) is 10.5. The molecule has 0 saturated carbocycles. The molecule has 12 heavy (non-hydrogen) atoms. The summed E-state index contributed by atoms with van der Waals surface area (Å²) in [5.74, 6) is -1.18. The van der Waals surface area contributed by atoms with Crippen LogP contribution in [-0.4, -0.2) is 16.2 Å². The normalized spacial score (nSPS) is 9.83. The second-order valence-electron chi connectivity index (χ2n) is 2.06. The summed E-state index contributed by atoms with van der Waals surface area (Å²) in [5.41, 5.74) is 0.0377. The Balaban J connectivity index is 3.36. The molecule has 0 saturated heterocycles. The highest BCUT2D eigenvalue weighted by Gasteiger charge is 2.13. The van der Waals surface area contributed by atoms with Gasteiger partial charge >= 0.3 is 5.97 Å². The average Bonchev–Trinajstić information content (AvgIpc) is 2.00. The van der Waals surface area contributed by atoms with Gasteiger partial charge < -0.3 is 10.2 Å². The van der Waals surface area contributed by atoms with Crippen LogP contribution in [0.2, 0.25) is 0 Å². The van der Waals surface area contributed by atoms with E-state index in [0.717, 1.165) is 0 Å². The molecule has 3 nitrogen and oxygen atoms in total. The van der Waals surface area contributed by atoms with Gasteiger partial charge in [-0.05, 0) is 44.0 Å². The fourth-order valence-electron chi connectivity index (χ4n) is 0.706. The minimum absolute atomic E-state index is 0.0377. The maximum atomic E-state index is 10.5. The van der Waals surface area contributed by atoms with Gasteiger partial charge in [-0.2, -0.15) is 0 Å². The molecule has 0 aliphatic rings.